The van der Waals surface area contributed by atoms with E-state index in [1.54, 1.807) is 0 Å². The number of pyridine rings is 2. The van der Waals surface area contributed by atoms with Crippen LogP contribution in [0.5, 0.6) is 0 Å². The van der Waals surface area contributed by atoms with Gasteiger partial charge in [0.2, 0.25) is 0 Å². The fraction of sp³-hybridized carbons (Fsp3) is 0.375. The number of hydrogen-bond acceptors (Lipinski definition) is 4. The van der Waals surface area contributed by atoms with Crippen molar-refractivity contribution in [3.63, 3.8) is 0 Å². The summed E-state index contributed by atoms with van der Waals surface area (Å²) in [6.45, 7) is 5.88. The van der Waals surface area contributed by atoms with E-state index in [9.17, 15) is 0 Å². The molecular formula is C16H22N4. The molecule has 0 bridgehead atoms. The quantitative estimate of drug-likeness (QED) is 0.876. The lowest BCUT2D eigenvalue weighted by Crippen LogP contribution is -2.25. The Balaban J connectivity index is 2.11. The zero-order valence-corrected chi connectivity index (χ0v) is 12.4. The van der Waals surface area contributed by atoms with Crippen LogP contribution in [0.2, 0.25) is 0 Å². The fourth-order valence-corrected chi connectivity index (χ4v) is 2.04. The van der Waals surface area contributed by atoms with E-state index in [1.165, 1.54) is 5.56 Å². The van der Waals surface area contributed by atoms with E-state index in [1.807, 2.05) is 36.7 Å². The molecule has 0 amide bonds. The summed E-state index contributed by atoms with van der Waals surface area (Å²) in [5.41, 5.74) is 2.25. The molecule has 2 rings (SSSR count). The van der Waals surface area contributed by atoms with Crippen LogP contribution in [-0.2, 0) is 13.1 Å². The highest BCUT2D eigenvalue weighted by Gasteiger charge is 2.09. The SMILES string of the molecule is CC(C)NCc1cccnc1N(C)Cc1ccccn1. The average molecular weight is 270 g/mol. The van der Waals surface area contributed by atoms with Crippen molar-refractivity contribution in [1.82, 2.24) is 15.3 Å². The predicted molar refractivity (Wildman–Crippen MR) is 82.6 cm³/mol. The van der Waals surface area contributed by atoms with E-state index >= 15 is 0 Å². The van der Waals surface area contributed by atoms with E-state index < -0.39 is 0 Å². The Morgan fingerprint density at radius 2 is 1.90 bits per heavy atom. The summed E-state index contributed by atoms with van der Waals surface area (Å²) >= 11 is 0. The first kappa shape index (κ1) is 14.5. The first-order valence-corrected chi connectivity index (χ1v) is 6.95. The van der Waals surface area contributed by atoms with Crippen molar-refractivity contribution in [2.75, 3.05) is 11.9 Å². The molecule has 0 aliphatic rings. The van der Waals surface area contributed by atoms with Gasteiger partial charge in [-0.15, -0.1) is 0 Å². The molecule has 0 saturated carbocycles. The van der Waals surface area contributed by atoms with Crippen molar-refractivity contribution in [2.45, 2.75) is 33.0 Å². The molecule has 2 heterocycles. The normalized spacial score (nSPS) is 10.8. The monoisotopic (exact) mass is 270 g/mol. The van der Waals surface area contributed by atoms with Crippen molar-refractivity contribution >= 4 is 5.82 Å². The van der Waals surface area contributed by atoms with Crippen LogP contribution in [0.25, 0.3) is 0 Å². The van der Waals surface area contributed by atoms with Gasteiger partial charge in [0, 0.05) is 37.6 Å². The van der Waals surface area contributed by atoms with Crippen LogP contribution in [0.1, 0.15) is 25.1 Å². The van der Waals surface area contributed by atoms with E-state index in [0.29, 0.717) is 6.04 Å². The molecule has 20 heavy (non-hydrogen) atoms. The lowest BCUT2D eigenvalue weighted by molar-refractivity contribution is 0.587. The van der Waals surface area contributed by atoms with Gasteiger partial charge in [-0.05, 0) is 18.2 Å². The van der Waals surface area contributed by atoms with Crippen molar-refractivity contribution in [3.8, 4) is 0 Å². The first-order chi connectivity index (χ1) is 9.66. The zero-order valence-electron chi connectivity index (χ0n) is 12.4. The topological polar surface area (TPSA) is 41.1 Å². The first-order valence-electron chi connectivity index (χ1n) is 6.95. The summed E-state index contributed by atoms with van der Waals surface area (Å²) in [5, 5.41) is 3.44. The van der Waals surface area contributed by atoms with Gasteiger partial charge >= 0.3 is 0 Å². The molecule has 2 aromatic heterocycles. The summed E-state index contributed by atoms with van der Waals surface area (Å²) in [5.74, 6) is 1.01. The van der Waals surface area contributed by atoms with E-state index in [-0.39, 0.29) is 0 Å². The summed E-state index contributed by atoms with van der Waals surface area (Å²) in [6.07, 6.45) is 3.66. The number of nitrogens with zero attached hydrogens (tertiary/aromatic N) is 3. The molecule has 1 N–H and O–H groups in total. The summed E-state index contributed by atoms with van der Waals surface area (Å²) in [7, 11) is 2.05. The van der Waals surface area contributed by atoms with Gasteiger partial charge in [0.25, 0.3) is 0 Å². The maximum atomic E-state index is 4.51. The van der Waals surface area contributed by atoms with Crippen LogP contribution in [0.4, 0.5) is 5.82 Å². The third-order valence-corrected chi connectivity index (χ3v) is 3.06. The lowest BCUT2D eigenvalue weighted by Gasteiger charge is -2.21. The molecule has 4 heteroatoms. The number of anilines is 1. The van der Waals surface area contributed by atoms with Crippen LogP contribution < -0.4 is 10.2 Å². The Hall–Kier alpha value is -1.94. The lowest BCUT2D eigenvalue weighted by atomic mass is 10.2. The molecule has 0 spiro atoms. The van der Waals surface area contributed by atoms with Crippen LogP contribution in [-0.4, -0.2) is 23.1 Å². The second-order valence-corrected chi connectivity index (χ2v) is 5.20. The molecule has 0 aliphatic heterocycles. The molecule has 0 unspecified atom stereocenters. The third kappa shape index (κ3) is 4.03. The molecule has 0 aliphatic carbocycles. The molecule has 0 radical (unpaired) electrons. The minimum atomic E-state index is 0.462. The van der Waals surface area contributed by atoms with Crippen LogP contribution in [0.15, 0.2) is 42.7 Å². The Morgan fingerprint density at radius 1 is 1.10 bits per heavy atom. The second-order valence-electron chi connectivity index (χ2n) is 5.20. The van der Waals surface area contributed by atoms with Crippen LogP contribution >= 0.6 is 0 Å². The number of hydrogen-bond donors (Lipinski definition) is 1. The van der Waals surface area contributed by atoms with Crippen LogP contribution in [0, 0.1) is 0 Å². The minimum Gasteiger partial charge on any atom is -0.354 e. The van der Waals surface area contributed by atoms with Gasteiger partial charge in [0.05, 0.1) is 12.2 Å². The molecule has 0 atom stereocenters. The van der Waals surface area contributed by atoms with Crippen molar-refractivity contribution in [2.24, 2.45) is 0 Å². The maximum absolute atomic E-state index is 4.51. The smallest absolute Gasteiger partial charge is 0.133 e. The Morgan fingerprint density at radius 3 is 2.60 bits per heavy atom. The third-order valence-electron chi connectivity index (χ3n) is 3.06. The van der Waals surface area contributed by atoms with Gasteiger partial charge in [-0.25, -0.2) is 4.98 Å². The average Bonchev–Trinajstić information content (AvgIpc) is 2.46. The standard InChI is InChI=1S/C16H22N4/c1-13(2)19-11-14-7-6-10-18-16(14)20(3)12-15-8-4-5-9-17-15/h4-10,13,19H,11-12H2,1-3H3. The number of nitrogens with one attached hydrogen (secondary N) is 1. The Labute approximate surface area is 120 Å². The molecule has 0 saturated heterocycles. The van der Waals surface area contributed by atoms with Crippen LogP contribution in [0.3, 0.4) is 0 Å². The number of aromatic nitrogens is 2. The highest BCUT2D eigenvalue weighted by molar-refractivity contribution is 5.46. The van der Waals surface area contributed by atoms with Gasteiger partial charge < -0.3 is 10.2 Å². The van der Waals surface area contributed by atoms with Gasteiger partial charge in [-0.2, -0.15) is 0 Å². The maximum Gasteiger partial charge on any atom is 0.133 e. The van der Waals surface area contributed by atoms with Gasteiger partial charge in [-0.3, -0.25) is 4.98 Å². The molecule has 2 aromatic rings. The highest BCUT2D eigenvalue weighted by Crippen LogP contribution is 2.17. The van der Waals surface area contributed by atoms with Gasteiger partial charge in [-0.1, -0.05) is 26.0 Å². The highest BCUT2D eigenvalue weighted by atomic mass is 15.2. The summed E-state index contributed by atoms with van der Waals surface area (Å²) in [6, 6.07) is 10.5. The van der Waals surface area contributed by atoms with E-state index in [2.05, 4.69) is 47.1 Å². The molecule has 0 fully saturated rings. The van der Waals surface area contributed by atoms with Crippen molar-refractivity contribution in [3.05, 3.63) is 54.0 Å². The molecule has 4 nitrogen and oxygen atoms in total. The minimum absolute atomic E-state index is 0.462. The predicted octanol–water partition coefficient (Wildman–Crippen LogP) is 2.61. The molecule has 0 aromatic carbocycles. The van der Waals surface area contributed by atoms with Gasteiger partial charge in [0.15, 0.2) is 0 Å². The summed E-state index contributed by atoms with van der Waals surface area (Å²) in [4.78, 5) is 11.0. The largest absolute Gasteiger partial charge is 0.354 e. The fourth-order valence-electron chi connectivity index (χ4n) is 2.04. The van der Waals surface area contributed by atoms with E-state index in [4.69, 9.17) is 0 Å². The Kier molecular flexibility index (Phi) is 5.07. The van der Waals surface area contributed by atoms with Gasteiger partial charge in [0.1, 0.15) is 5.82 Å². The zero-order chi connectivity index (χ0) is 14.4. The van der Waals surface area contributed by atoms with Crippen molar-refractivity contribution in [1.29, 1.82) is 0 Å². The number of rotatable bonds is 6. The summed E-state index contributed by atoms with van der Waals surface area (Å²) < 4.78 is 0. The van der Waals surface area contributed by atoms with Crippen molar-refractivity contribution < 1.29 is 0 Å². The molecule has 106 valence electrons. The second kappa shape index (κ2) is 7.01. The Bertz CT molecular complexity index is 525. The van der Waals surface area contributed by atoms with E-state index in [0.717, 1.165) is 24.6 Å². The molecular weight excluding hydrogens is 248 g/mol.